The predicted octanol–water partition coefficient (Wildman–Crippen LogP) is 1.44. The van der Waals surface area contributed by atoms with E-state index in [2.05, 4.69) is 19.2 Å². The van der Waals surface area contributed by atoms with Gasteiger partial charge in [0.2, 0.25) is 5.91 Å². The van der Waals surface area contributed by atoms with Gasteiger partial charge in [-0.3, -0.25) is 4.79 Å². The maximum atomic E-state index is 12.1. The molecular weight excluding hydrogens is 252 g/mol. The lowest BCUT2D eigenvalue weighted by Gasteiger charge is -2.37. The monoisotopic (exact) mass is 276 g/mol. The molecule has 1 unspecified atom stereocenters. The van der Waals surface area contributed by atoms with Crippen molar-refractivity contribution in [3.05, 3.63) is 0 Å². The number of rotatable bonds is 2. The molecule has 0 spiro atoms. The third-order valence-electron chi connectivity index (χ3n) is 3.89. The molecule has 0 saturated carbocycles. The van der Waals surface area contributed by atoms with E-state index in [9.17, 15) is 4.79 Å². The van der Waals surface area contributed by atoms with Crippen molar-refractivity contribution in [3.63, 3.8) is 0 Å². The molecule has 2 heterocycles. The molecule has 2 rings (SSSR count). The molecule has 4 nitrogen and oxygen atoms in total. The van der Waals surface area contributed by atoms with Crippen molar-refractivity contribution < 1.29 is 9.53 Å². The van der Waals surface area contributed by atoms with Gasteiger partial charge in [0.05, 0.1) is 13.2 Å². The van der Waals surface area contributed by atoms with E-state index in [1.807, 2.05) is 4.90 Å². The van der Waals surface area contributed by atoms with Crippen molar-refractivity contribution in [1.29, 1.82) is 0 Å². The van der Waals surface area contributed by atoms with E-state index < -0.39 is 0 Å². The number of nitrogens with one attached hydrogen (secondary N) is 1. The summed E-state index contributed by atoms with van der Waals surface area (Å²) in [7, 11) is 0. The second kappa shape index (κ2) is 6.73. The summed E-state index contributed by atoms with van der Waals surface area (Å²) >= 11 is 0. The highest BCUT2D eigenvalue weighted by Gasteiger charge is 2.29. The van der Waals surface area contributed by atoms with Crippen molar-refractivity contribution >= 4 is 18.3 Å². The highest BCUT2D eigenvalue weighted by molar-refractivity contribution is 5.85. The maximum Gasteiger partial charge on any atom is 0.224 e. The highest BCUT2D eigenvalue weighted by atomic mass is 35.5. The lowest BCUT2D eigenvalue weighted by atomic mass is 9.82. The lowest BCUT2D eigenvalue weighted by Crippen LogP contribution is -2.47. The molecule has 1 atom stereocenters. The van der Waals surface area contributed by atoms with Crippen molar-refractivity contribution in [2.45, 2.75) is 39.2 Å². The third-order valence-corrected chi connectivity index (χ3v) is 3.89. The van der Waals surface area contributed by atoms with Gasteiger partial charge in [0.25, 0.3) is 0 Å². The minimum Gasteiger partial charge on any atom is -0.378 e. The summed E-state index contributed by atoms with van der Waals surface area (Å²) in [6.07, 6.45) is 2.82. The Morgan fingerprint density at radius 2 is 2.06 bits per heavy atom. The molecule has 18 heavy (non-hydrogen) atoms. The molecular formula is C13H25ClN2O2. The average Bonchev–Trinajstić information content (AvgIpc) is 2.30. The normalized spacial score (nSPS) is 27.4. The third kappa shape index (κ3) is 4.41. The zero-order chi connectivity index (χ0) is 12.3. The number of carbonyl (C=O) groups is 1. The van der Waals surface area contributed by atoms with E-state index in [1.165, 1.54) is 0 Å². The van der Waals surface area contributed by atoms with Gasteiger partial charge < -0.3 is 15.0 Å². The molecule has 0 bridgehead atoms. The van der Waals surface area contributed by atoms with Gasteiger partial charge in [0.15, 0.2) is 0 Å². The maximum absolute atomic E-state index is 12.1. The molecule has 0 aliphatic carbocycles. The van der Waals surface area contributed by atoms with Gasteiger partial charge in [0, 0.05) is 32.1 Å². The van der Waals surface area contributed by atoms with Crippen LogP contribution in [0.5, 0.6) is 0 Å². The van der Waals surface area contributed by atoms with Crippen LogP contribution < -0.4 is 5.32 Å². The van der Waals surface area contributed by atoms with E-state index in [0.717, 1.165) is 39.1 Å². The van der Waals surface area contributed by atoms with Crippen molar-refractivity contribution in [2.75, 3.05) is 32.8 Å². The van der Waals surface area contributed by atoms with Crippen LogP contribution in [0.15, 0.2) is 0 Å². The number of hydrogen-bond acceptors (Lipinski definition) is 3. The van der Waals surface area contributed by atoms with Crippen LogP contribution >= 0.6 is 12.4 Å². The van der Waals surface area contributed by atoms with E-state index in [0.29, 0.717) is 18.4 Å². The lowest BCUT2D eigenvalue weighted by molar-refractivity contribution is -0.134. The fourth-order valence-electron chi connectivity index (χ4n) is 2.45. The number of piperidine rings is 1. The molecule has 2 aliphatic rings. The van der Waals surface area contributed by atoms with Crippen LogP contribution in [-0.4, -0.2) is 49.7 Å². The van der Waals surface area contributed by atoms with Gasteiger partial charge >= 0.3 is 0 Å². The number of nitrogens with zero attached hydrogens (tertiary/aromatic N) is 1. The van der Waals surface area contributed by atoms with E-state index >= 15 is 0 Å². The number of morpholine rings is 1. The quantitative estimate of drug-likeness (QED) is 0.830. The summed E-state index contributed by atoms with van der Waals surface area (Å²) in [6.45, 7) is 8.70. The Morgan fingerprint density at radius 3 is 2.61 bits per heavy atom. The first-order valence-corrected chi connectivity index (χ1v) is 6.66. The van der Waals surface area contributed by atoms with Crippen LogP contribution in [0.3, 0.4) is 0 Å². The topological polar surface area (TPSA) is 41.6 Å². The first kappa shape index (κ1) is 15.7. The Morgan fingerprint density at radius 1 is 1.39 bits per heavy atom. The molecule has 0 aromatic rings. The summed E-state index contributed by atoms with van der Waals surface area (Å²) in [6, 6.07) is 0.214. The highest BCUT2D eigenvalue weighted by Crippen LogP contribution is 2.29. The minimum absolute atomic E-state index is 0. The predicted molar refractivity (Wildman–Crippen MR) is 74.1 cm³/mol. The van der Waals surface area contributed by atoms with Crippen LogP contribution in [0.2, 0.25) is 0 Å². The van der Waals surface area contributed by atoms with Crippen LogP contribution in [0.25, 0.3) is 0 Å². The molecule has 106 valence electrons. The molecule has 0 aromatic heterocycles. The van der Waals surface area contributed by atoms with Crippen molar-refractivity contribution in [1.82, 2.24) is 10.2 Å². The van der Waals surface area contributed by atoms with Crippen molar-refractivity contribution in [3.8, 4) is 0 Å². The Balaban J connectivity index is 0.00000162. The van der Waals surface area contributed by atoms with Crippen LogP contribution in [0.4, 0.5) is 0 Å². The van der Waals surface area contributed by atoms with Gasteiger partial charge in [-0.25, -0.2) is 0 Å². The molecule has 2 aliphatic heterocycles. The number of carbonyl (C=O) groups excluding carboxylic acids is 1. The van der Waals surface area contributed by atoms with Gasteiger partial charge in [0.1, 0.15) is 0 Å². The fourth-order valence-corrected chi connectivity index (χ4v) is 2.45. The smallest absolute Gasteiger partial charge is 0.224 e. The van der Waals surface area contributed by atoms with Gasteiger partial charge in [-0.2, -0.15) is 0 Å². The Hall–Kier alpha value is -0.320. The summed E-state index contributed by atoms with van der Waals surface area (Å²) in [5.74, 6) is 0.281. The van der Waals surface area contributed by atoms with Crippen LogP contribution in [-0.2, 0) is 9.53 Å². The number of likely N-dealkylation sites (tertiary alicyclic amines) is 1. The fraction of sp³-hybridized carbons (Fsp3) is 0.923. The number of amides is 1. The molecule has 2 fully saturated rings. The van der Waals surface area contributed by atoms with Crippen LogP contribution in [0.1, 0.15) is 33.1 Å². The Bertz CT molecular complexity index is 268. The number of ether oxygens (including phenoxy) is 1. The standard InChI is InChI=1S/C13H24N2O2.ClH/c1-13(2)3-6-15(7-4-13)12(16)9-11-10-17-8-5-14-11;/h11,14H,3-10H2,1-2H3;1H. The Kier molecular flexibility index (Phi) is 5.89. The summed E-state index contributed by atoms with van der Waals surface area (Å²) < 4.78 is 5.37. The summed E-state index contributed by atoms with van der Waals surface area (Å²) in [5.41, 5.74) is 0.406. The largest absolute Gasteiger partial charge is 0.378 e. The van der Waals surface area contributed by atoms with E-state index in [4.69, 9.17) is 4.74 Å². The second-order valence-corrected chi connectivity index (χ2v) is 5.98. The average molecular weight is 277 g/mol. The zero-order valence-electron chi connectivity index (χ0n) is 11.4. The first-order chi connectivity index (χ1) is 8.07. The molecule has 1 amide bonds. The Labute approximate surface area is 116 Å². The number of hydrogen-bond donors (Lipinski definition) is 1. The van der Waals surface area contributed by atoms with Gasteiger partial charge in [-0.1, -0.05) is 13.8 Å². The molecule has 5 heteroatoms. The second-order valence-electron chi connectivity index (χ2n) is 5.98. The van der Waals surface area contributed by atoms with Crippen LogP contribution in [0, 0.1) is 5.41 Å². The first-order valence-electron chi connectivity index (χ1n) is 6.66. The minimum atomic E-state index is 0. The van der Waals surface area contributed by atoms with E-state index in [1.54, 1.807) is 0 Å². The zero-order valence-corrected chi connectivity index (χ0v) is 12.2. The SMILES string of the molecule is CC1(C)CCN(C(=O)CC2COCCN2)CC1.Cl. The molecule has 2 saturated heterocycles. The summed E-state index contributed by atoms with van der Waals surface area (Å²) in [4.78, 5) is 14.1. The molecule has 0 radical (unpaired) electrons. The number of halogens is 1. The van der Waals surface area contributed by atoms with E-state index in [-0.39, 0.29) is 24.4 Å². The molecule has 1 N–H and O–H groups in total. The van der Waals surface area contributed by atoms with Crippen molar-refractivity contribution in [2.24, 2.45) is 5.41 Å². The van der Waals surface area contributed by atoms with Gasteiger partial charge in [-0.15, -0.1) is 12.4 Å². The van der Waals surface area contributed by atoms with Gasteiger partial charge in [-0.05, 0) is 18.3 Å². The summed E-state index contributed by atoms with van der Waals surface area (Å²) in [5, 5.41) is 3.33. The molecule has 0 aromatic carbocycles.